The summed E-state index contributed by atoms with van der Waals surface area (Å²) >= 11 is 1.60. The standard InChI is InChI=1S/C5H9NOS/c1-4-3-8-6(2)5(4)7/h4H,3H2,1-2H3. The minimum absolute atomic E-state index is 0.241. The Morgan fingerprint density at radius 3 is 2.62 bits per heavy atom. The van der Waals surface area contributed by atoms with E-state index in [4.69, 9.17) is 0 Å². The van der Waals surface area contributed by atoms with Crippen molar-refractivity contribution in [2.24, 2.45) is 5.92 Å². The maximum Gasteiger partial charge on any atom is 0.235 e. The Bertz CT molecular complexity index is 103. The number of nitrogens with zero attached hydrogens (tertiary/aromatic N) is 1. The van der Waals surface area contributed by atoms with Crippen LogP contribution in [0.3, 0.4) is 0 Å². The number of amides is 1. The summed E-state index contributed by atoms with van der Waals surface area (Å²) in [4.78, 5) is 10.8. The molecule has 1 rings (SSSR count). The predicted molar refractivity (Wildman–Crippen MR) is 34.4 cm³/mol. The van der Waals surface area contributed by atoms with Gasteiger partial charge in [0, 0.05) is 18.7 Å². The van der Waals surface area contributed by atoms with E-state index in [1.807, 2.05) is 14.0 Å². The maximum atomic E-state index is 10.8. The van der Waals surface area contributed by atoms with E-state index in [1.165, 1.54) is 0 Å². The normalized spacial score (nSPS) is 29.5. The van der Waals surface area contributed by atoms with Crippen molar-refractivity contribution in [1.29, 1.82) is 0 Å². The highest BCUT2D eigenvalue weighted by atomic mass is 32.2. The quantitative estimate of drug-likeness (QED) is 0.452. The van der Waals surface area contributed by atoms with E-state index in [2.05, 4.69) is 0 Å². The van der Waals surface area contributed by atoms with E-state index < -0.39 is 0 Å². The predicted octanol–water partition coefficient (Wildman–Crippen LogP) is 0.743. The summed E-state index contributed by atoms with van der Waals surface area (Å²) in [5.41, 5.74) is 0. The molecule has 1 atom stereocenters. The van der Waals surface area contributed by atoms with E-state index in [9.17, 15) is 4.79 Å². The molecule has 3 heteroatoms. The lowest BCUT2D eigenvalue weighted by Gasteiger charge is -2.03. The number of hydrogen-bond donors (Lipinski definition) is 0. The van der Waals surface area contributed by atoms with Gasteiger partial charge in [0.15, 0.2) is 0 Å². The van der Waals surface area contributed by atoms with Crippen LogP contribution in [0.15, 0.2) is 0 Å². The molecule has 0 bridgehead atoms. The maximum absolute atomic E-state index is 10.8. The zero-order valence-corrected chi connectivity index (χ0v) is 5.86. The van der Waals surface area contributed by atoms with Crippen LogP contribution in [0.1, 0.15) is 6.92 Å². The first kappa shape index (κ1) is 5.95. The summed E-state index contributed by atoms with van der Waals surface area (Å²) in [7, 11) is 1.82. The Balaban J connectivity index is 2.57. The molecule has 46 valence electrons. The highest BCUT2D eigenvalue weighted by molar-refractivity contribution is 7.97. The molecule has 0 spiro atoms. The second-order valence-electron chi connectivity index (χ2n) is 2.03. The molecule has 0 aromatic heterocycles. The van der Waals surface area contributed by atoms with Gasteiger partial charge in [0.2, 0.25) is 5.91 Å². The molecule has 0 saturated carbocycles. The zero-order valence-electron chi connectivity index (χ0n) is 5.05. The fourth-order valence-corrected chi connectivity index (χ4v) is 1.57. The lowest BCUT2D eigenvalue weighted by molar-refractivity contribution is -0.127. The van der Waals surface area contributed by atoms with Crippen molar-refractivity contribution >= 4 is 17.9 Å². The molecule has 0 aliphatic carbocycles. The van der Waals surface area contributed by atoms with Gasteiger partial charge in [-0.25, -0.2) is 0 Å². The van der Waals surface area contributed by atoms with E-state index in [1.54, 1.807) is 16.3 Å². The number of carbonyl (C=O) groups excluding carboxylic acids is 1. The topological polar surface area (TPSA) is 20.3 Å². The summed E-state index contributed by atoms with van der Waals surface area (Å²) in [6.07, 6.45) is 0. The van der Waals surface area contributed by atoms with Crippen molar-refractivity contribution in [3.8, 4) is 0 Å². The van der Waals surface area contributed by atoms with Crippen LogP contribution in [-0.2, 0) is 4.79 Å². The molecule has 8 heavy (non-hydrogen) atoms. The lowest BCUT2D eigenvalue weighted by atomic mass is 10.2. The van der Waals surface area contributed by atoms with Crippen LogP contribution in [-0.4, -0.2) is 23.0 Å². The third-order valence-electron chi connectivity index (χ3n) is 1.25. The van der Waals surface area contributed by atoms with Crippen molar-refractivity contribution in [2.45, 2.75) is 6.92 Å². The summed E-state index contributed by atoms with van der Waals surface area (Å²) in [6.45, 7) is 1.96. The molecule has 0 radical (unpaired) electrons. The molecule has 2 nitrogen and oxygen atoms in total. The van der Waals surface area contributed by atoms with Gasteiger partial charge in [-0.1, -0.05) is 6.92 Å². The van der Waals surface area contributed by atoms with Gasteiger partial charge in [-0.15, -0.1) is 0 Å². The Hall–Kier alpha value is -0.180. The third-order valence-corrected chi connectivity index (χ3v) is 2.47. The minimum Gasteiger partial charge on any atom is -0.289 e. The van der Waals surface area contributed by atoms with Gasteiger partial charge in [-0.3, -0.25) is 9.10 Å². The Morgan fingerprint density at radius 1 is 1.88 bits per heavy atom. The van der Waals surface area contributed by atoms with Crippen LogP contribution in [0, 0.1) is 5.92 Å². The average Bonchev–Trinajstić information content (AvgIpc) is 1.98. The second-order valence-corrected chi connectivity index (χ2v) is 3.17. The molecule has 0 aromatic rings. The zero-order chi connectivity index (χ0) is 6.15. The van der Waals surface area contributed by atoms with Gasteiger partial charge in [0.25, 0.3) is 0 Å². The SMILES string of the molecule is CC1CSN(C)C1=O. The van der Waals surface area contributed by atoms with Gasteiger partial charge in [0.1, 0.15) is 0 Å². The summed E-state index contributed by atoms with van der Waals surface area (Å²) < 4.78 is 1.70. The fourth-order valence-electron chi connectivity index (χ4n) is 0.669. The van der Waals surface area contributed by atoms with Crippen LogP contribution in [0.25, 0.3) is 0 Å². The first-order chi connectivity index (χ1) is 3.72. The van der Waals surface area contributed by atoms with E-state index >= 15 is 0 Å². The van der Waals surface area contributed by atoms with Crippen LogP contribution < -0.4 is 0 Å². The molecule has 1 aliphatic heterocycles. The highest BCUT2D eigenvalue weighted by Crippen LogP contribution is 2.23. The fraction of sp³-hybridized carbons (Fsp3) is 0.800. The highest BCUT2D eigenvalue weighted by Gasteiger charge is 2.25. The molecule has 1 amide bonds. The van der Waals surface area contributed by atoms with Crippen molar-refractivity contribution in [1.82, 2.24) is 4.31 Å². The Kier molecular flexibility index (Phi) is 1.47. The molecule has 1 fully saturated rings. The van der Waals surface area contributed by atoms with Gasteiger partial charge in [-0.2, -0.15) is 0 Å². The number of carbonyl (C=O) groups is 1. The van der Waals surface area contributed by atoms with Gasteiger partial charge in [0.05, 0.1) is 0 Å². The van der Waals surface area contributed by atoms with Crippen molar-refractivity contribution in [3.63, 3.8) is 0 Å². The molecular formula is C5H9NOS. The Morgan fingerprint density at radius 2 is 2.50 bits per heavy atom. The van der Waals surface area contributed by atoms with Crippen LogP contribution in [0.5, 0.6) is 0 Å². The minimum atomic E-state index is 0.241. The molecule has 0 N–H and O–H groups in total. The summed E-state index contributed by atoms with van der Waals surface area (Å²) in [5, 5.41) is 0. The van der Waals surface area contributed by atoms with Gasteiger partial charge in [-0.05, 0) is 11.9 Å². The molecule has 1 aliphatic rings. The van der Waals surface area contributed by atoms with Crippen molar-refractivity contribution in [2.75, 3.05) is 12.8 Å². The van der Waals surface area contributed by atoms with Gasteiger partial charge >= 0.3 is 0 Å². The lowest BCUT2D eigenvalue weighted by Crippen LogP contribution is -2.17. The third kappa shape index (κ3) is 0.823. The smallest absolute Gasteiger partial charge is 0.235 e. The number of hydrogen-bond acceptors (Lipinski definition) is 2. The van der Waals surface area contributed by atoms with Crippen LogP contribution >= 0.6 is 11.9 Å². The summed E-state index contributed by atoms with van der Waals surface area (Å²) in [5.74, 6) is 1.45. The molecule has 0 aromatic carbocycles. The second kappa shape index (κ2) is 1.97. The number of rotatable bonds is 0. The first-order valence-corrected chi connectivity index (χ1v) is 3.56. The van der Waals surface area contributed by atoms with Crippen molar-refractivity contribution < 1.29 is 4.79 Å². The van der Waals surface area contributed by atoms with Crippen LogP contribution in [0.2, 0.25) is 0 Å². The van der Waals surface area contributed by atoms with E-state index in [-0.39, 0.29) is 11.8 Å². The average molecular weight is 131 g/mol. The van der Waals surface area contributed by atoms with E-state index in [0.717, 1.165) is 5.75 Å². The monoisotopic (exact) mass is 131 g/mol. The largest absolute Gasteiger partial charge is 0.289 e. The molecule has 1 saturated heterocycles. The first-order valence-electron chi connectivity index (χ1n) is 2.62. The van der Waals surface area contributed by atoms with E-state index in [0.29, 0.717) is 0 Å². The van der Waals surface area contributed by atoms with Gasteiger partial charge < -0.3 is 0 Å². The molecule has 1 unspecified atom stereocenters. The van der Waals surface area contributed by atoms with Crippen molar-refractivity contribution in [3.05, 3.63) is 0 Å². The molecule has 1 heterocycles. The molecular weight excluding hydrogens is 122 g/mol. The Labute approximate surface area is 53.4 Å². The van der Waals surface area contributed by atoms with Crippen LogP contribution in [0.4, 0.5) is 0 Å². The summed E-state index contributed by atoms with van der Waals surface area (Å²) in [6, 6.07) is 0.